The van der Waals surface area contributed by atoms with Crippen LogP contribution in [0.4, 0.5) is 5.69 Å². The van der Waals surface area contributed by atoms with Gasteiger partial charge in [0.2, 0.25) is 0 Å². The minimum atomic E-state index is 0.521. The first-order valence-corrected chi connectivity index (χ1v) is 9.92. The number of nitriles is 1. The Morgan fingerprint density at radius 2 is 1.86 bits per heavy atom. The predicted octanol–water partition coefficient (Wildman–Crippen LogP) is 6.56. The molecule has 4 heteroatoms. The summed E-state index contributed by atoms with van der Waals surface area (Å²) >= 11 is 1.48. The zero-order valence-corrected chi connectivity index (χ0v) is 16.5. The van der Waals surface area contributed by atoms with E-state index in [9.17, 15) is 5.26 Å². The molecule has 0 unspecified atom stereocenters. The monoisotopic (exact) mass is 381 g/mol. The lowest BCUT2D eigenvalue weighted by molar-refractivity contribution is 1.31. The maximum absolute atomic E-state index is 9.64. The molecule has 28 heavy (non-hydrogen) atoms. The van der Waals surface area contributed by atoms with Gasteiger partial charge >= 0.3 is 0 Å². The van der Waals surface area contributed by atoms with Crippen LogP contribution in [-0.4, -0.2) is 4.98 Å². The van der Waals surface area contributed by atoms with Gasteiger partial charge in [0.15, 0.2) is 0 Å². The van der Waals surface area contributed by atoms with Gasteiger partial charge in [-0.2, -0.15) is 5.26 Å². The van der Waals surface area contributed by atoms with Crippen LogP contribution in [0.15, 0.2) is 72.2 Å². The maximum atomic E-state index is 9.64. The molecule has 136 valence electrons. The molecule has 1 N–H and O–H groups in total. The molecule has 4 aromatic rings. The molecule has 0 aliphatic heterocycles. The molecule has 0 fully saturated rings. The van der Waals surface area contributed by atoms with Crippen LogP contribution in [0.5, 0.6) is 0 Å². The van der Waals surface area contributed by atoms with Crippen molar-refractivity contribution in [2.45, 2.75) is 13.8 Å². The number of benzene rings is 3. The second-order valence-electron chi connectivity index (χ2n) is 6.68. The largest absolute Gasteiger partial charge is 0.360 e. The standard InChI is InChI=1S/C24H19N3S/c1-16-10-11-19(12-17(16)2)23-15-28-24(27-23)20(13-25)14-26-22-9-5-7-18-6-3-4-8-21(18)22/h3-12,14-15,26H,1-2H3/b20-14-. The smallest absolute Gasteiger partial charge is 0.136 e. The van der Waals surface area contributed by atoms with Crippen molar-refractivity contribution in [2.75, 3.05) is 5.32 Å². The van der Waals surface area contributed by atoms with Crippen molar-refractivity contribution in [3.05, 3.63) is 88.4 Å². The van der Waals surface area contributed by atoms with E-state index in [2.05, 4.69) is 66.6 Å². The quantitative estimate of drug-likeness (QED) is 0.407. The third kappa shape index (κ3) is 3.53. The van der Waals surface area contributed by atoms with Gasteiger partial charge in [0.1, 0.15) is 16.6 Å². The molecular formula is C24H19N3S. The van der Waals surface area contributed by atoms with Gasteiger partial charge in [-0.15, -0.1) is 11.3 Å². The van der Waals surface area contributed by atoms with Crippen LogP contribution in [0.1, 0.15) is 16.1 Å². The zero-order chi connectivity index (χ0) is 19.5. The number of nitrogens with one attached hydrogen (secondary N) is 1. The zero-order valence-electron chi connectivity index (χ0n) is 15.7. The van der Waals surface area contributed by atoms with Gasteiger partial charge in [0, 0.05) is 28.2 Å². The number of thiazole rings is 1. The Kier molecular flexibility index (Phi) is 4.92. The van der Waals surface area contributed by atoms with E-state index in [4.69, 9.17) is 0 Å². The van der Waals surface area contributed by atoms with E-state index in [1.165, 1.54) is 22.5 Å². The van der Waals surface area contributed by atoms with E-state index < -0.39 is 0 Å². The molecule has 0 spiro atoms. The van der Waals surface area contributed by atoms with Gasteiger partial charge in [-0.1, -0.05) is 48.5 Å². The Bertz CT molecular complexity index is 1220. The number of rotatable bonds is 4. The molecule has 0 saturated heterocycles. The lowest BCUT2D eigenvalue weighted by atomic mass is 10.1. The molecule has 0 atom stereocenters. The first-order chi connectivity index (χ1) is 13.7. The van der Waals surface area contributed by atoms with Gasteiger partial charge in [0.25, 0.3) is 0 Å². The number of anilines is 1. The van der Waals surface area contributed by atoms with Crippen LogP contribution in [0, 0.1) is 25.2 Å². The van der Waals surface area contributed by atoms with Crippen molar-refractivity contribution in [3.8, 4) is 17.3 Å². The number of nitrogens with zero attached hydrogens (tertiary/aromatic N) is 2. The van der Waals surface area contributed by atoms with Crippen LogP contribution in [0.25, 0.3) is 27.6 Å². The SMILES string of the molecule is Cc1ccc(-c2csc(/C(C#N)=C\Nc3cccc4ccccc34)n2)cc1C. The Morgan fingerprint density at radius 3 is 2.68 bits per heavy atom. The first kappa shape index (κ1) is 18.0. The molecule has 1 heterocycles. The minimum Gasteiger partial charge on any atom is -0.360 e. The van der Waals surface area contributed by atoms with E-state index >= 15 is 0 Å². The van der Waals surface area contributed by atoms with Crippen molar-refractivity contribution < 1.29 is 0 Å². The van der Waals surface area contributed by atoms with Gasteiger partial charge < -0.3 is 5.32 Å². The molecule has 0 radical (unpaired) electrons. The number of aromatic nitrogens is 1. The van der Waals surface area contributed by atoms with Gasteiger partial charge in [-0.05, 0) is 42.5 Å². The summed E-state index contributed by atoms with van der Waals surface area (Å²) in [5.41, 5.74) is 5.96. The molecule has 0 aliphatic carbocycles. The van der Waals surface area contributed by atoms with Crippen molar-refractivity contribution in [2.24, 2.45) is 0 Å². The number of hydrogen-bond acceptors (Lipinski definition) is 4. The van der Waals surface area contributed by atoms with Crippen LogP contribution in [0.3, 0.4) is 0 Å². The lowest BCUT2D eigenvalue weighted by Crippen LogP contribution is -1.92. The molecular weight excluding hydrogens is 362 g/mol. The van der Waals surface area contributed by atoms with Crippen LogP contribution in [0.2, 0.25) is 0 Å². The molecule has 0 amide bonds. The topological polar surface area (TPSA) is 48.7 Å². The highest BCUT2D eigenvalue weighted by Crippen LogP contribution is 2.28. The highest BCUT2D eigenvalue weighted by atomic mass is 32.1. The van der Waals surface area contributed by atoms with E-state index in [0.717, 1.165) is 27.7 Å². The fourth-order valence-corrected chi connectivity index (χ4v) is 3.87. The summed E-state index contributed by atoms with van der Waals surface area (Å²) in [5, 5.41) is 17.9. The normalized spacial score (nSPS) is 11.4. The summed E-state index contributed by atoms with van der Waals surface area (Å²) in [4.78, 5) is 4.68. The Morgan fingerprint density at radius 1 is 1.04 bits per heavy atom. The minimum absolute atomic E-state index is 0.521. The van der Waals surface area contributed by atoms with Gasteiger partial charge in [0.05, 0.1) is 5.69 Å². The summed E-state index contributed by atoms with van der Waals surface area (Å²) in [6, 6.07) is 22.9. The third-order valence-electron chi connectivity index (χ3n) is 4.82. The number of hydrogen-bond donors (Lipinski definition) is 1. The van der Waals surface area contributed by atoms with Crippen LogP contribution < -0.4 is 5.32 Å². The predicted molar refractivity (Wildman–Crippen MR) is 118 cm³/mol. The molecule has 0 aliphatic rings. The molecule has 3 nitrogen and oxygen atoms in total. The Hall–Kier alpha value is -3.42. The van der Waals surface area contributed by atoms with E-state index in [1.54, 1.807) is 6.20 Å². The fourth-order valence-electron chi connectivity index (χ4n) is 3.07. The summed E-state index contributed by atoms with van der Waals surface area (Å²) < 4.78 is 0. The van der Waals surface area contributed by atoms with Gasteiger partial charge in [-0.25, -0.2) is 4.98 Å². The average molecular weight is 382 g/mol. The maximum Gasteiger partial charge on any atom is 0.136 e. The van der Waals surface area contributed by atoms with Crippen molar-refractivity contribution in [1.29, 1.82) is 5.26 Å². The number of fused-ring (bicyclic) bond motifs is 1. The second-order valence-corrected chi connectivity index (χ2v) is 7.54. The highest BCUT2D eigenvalue weighted by molar-refractivity contribution is 7.11. The molecule has 0 saturated carbocycles. The highest BCUT2D eigenvalue weighted by Gasteiger charge is 2.10. The van der Waals surface area contributed by atoms with Crippen LogP contribution >= 0.6 is 11.3 Å². The van der Waals surface area contributed by atoms with Crippen molar-refractivity contribution >= 4 is 33.4 Å². The average Bonchev–Trinajstić information content (AvgIpc) is 3.21. The van der Waals surface area contributed by atoms with E-state index in [-0.39, 0.29) is 0 Å². The van der Waals surface area contributed by atoms with Crippen LogP contribution in [-0.2, 0) is 0 Å². The molecule has 3 aromatic carbocycles. The third-order valence-corrected chi connectivity index (χ3v) is 5.69. The molecule has 0 bridgehead atoms. The first-order valence-electron chi connectivity index (χ1n) is 9.04. The van der Waals surface area contributed by atoms with E-state index in [0.29, 0.717) is 10.6 Å². The molecule has 4 rings (SSSR count). The summed E-state index contributed by atoms with van der Waals surface area (Å²) in [6.07, 6.45) is 1.74. The second kappa shape index (κ2) is 7.67. The summed E-state index contributed by atoms with van der Waals surface area (Å²) in [5.74, 6) is 0. The lowest BCUT2D eigenvalue weighted by Gasteiger charge is -2.06. The summed E-state index contributed by atoms with van der Waals surface area (Å²) in [7, 11) is 0. The number of aryl methyl sites for hydroxylation is 2. The van der Waals surface area contributed by atoms with E-state index in [1.807, 2.05) is 29.6 Å². The Labute approximate surface area is 168 Å². The Balaban J connectivity index is 1.63. The van der Waals surface area contributed by atoms with Crippen molar-refractivity contribution in [1.82, 2.24) is 4.98 Å². The summed E-state index contributed by atoms with van der Waals surface area (Å²) in [6.45, 7) is 4.20. The number of allylic oxidation sites excluding steroid dienone is 1. The van der Waals surface area contributed by atoms with Gasteiger partial charge in [-0.3, -0.25) is 0 Å². The fraction of sp³-hybridized carbons (Fsp3) is 0.0833. The van der Waals surface area contributed by atoms with Crippen molar-refractivity contribution in [3.63, 3.8) is 0 Å². The molecule has 1 aromatic heterocycles.